The van der Waals surface area contributed by atoms with Crippen molar-refractivity contribution in [1.82, 2.24) is 15.0 Å². The first-order valence-corrected chi connectivity index (χ1v) is 5.71. The van der Waals surface area contributed by atoms with Crippen LogP contribution in [0.2, 0.25) is 0 Å². The van der Waals surface area contributed by atoms with Crippen molar-refractivity contribution >= 4 is 5.78 Å². The molecule has 0 aromatic carbocycles. The van der Waals surface area contributed by atoms with Gasteiger partial charge in [-0.05, 0) is 12.8 Å². The smallest absolute Gasteiger partial charge is 0.159 e. The fraction of sp³-hybridized carbons (Fsp3) is 0.667. The predicted molar refractivity (Wildman–Crippen MR) is 60.8 cm³/mol. The second kappa shape index (κ2) is 3.66. The molecule has 1 fully saturated rings. The number of nitrogens with zero attached hydrogens (tertiary/aromatic N) is 4. The molecule has 0 saturated heterocycles. The van der Waals surface area contributed by atoms with E-state index in [1.54, 1.807) is 17.9 Å². The van der Waals surface area contributed by atoms with Crippen LogP contribution in [0.5, 0.6) is 0 Å². The molecule has 5 nitrogen and oxygen atoms in total. The van der Waals surface area contributed by atoms with Gasteiger partial charge in [0.05, 0.1) is 11.8 Å². The third-order valence-corrected chi connectivity index (χ3v) is 3.57. The number of ketones is 1. The summed E-state index contributed by atoms with van der Waals surface area (Å²) in [5.41, 5.74) is -0.586. The fourth-order valence-electron chi connectivity index (χ4n) is 2.50. The molecule has 1 unspecified atom stereocenters. The van der Waals surface area contributed by atoms with Crippen LogP contribution in [0, 0.1) is 22.2 Å². The molecule has 2 rings (SSSR count). The van der Waals surface area contributed by atoms with E-state index in [-0.39, 0.29) is 5.78 Å². The van der Waals surface area contributed by atoms with Crippen LogP contribution in [0.4, 0.5) is 0 Å². The molecule has 1 aromatic heterocycles. The molecule has 0 aliphatic heterocycles. The summed E-state index contributed by atoms with van der Waals surface area (Å²) in [4.78, 5) is 12.3. The van der Waals surface area contributed by atoms with Gasteiger partial charge >= 0.3 is 0 Å². The SMILES string of the molecule is Cn1cc(CC2(C#N)CCC(C)(C)C2=O)nn1. The second-order valence-electron chi connectivity index (χ2n) is 5.47. The number of aromatic nitrogens is 3. The van der Waals surface area contributed by atoms with Crippen molar-refractivity contribution in [3.05, 3.63) is 11.9 Å². The lowest BCUT2D eigenvalue weighted by molar-refractivity contribution is -0.130. The van der Waals surface area contributed by atoms with Crippen LogP contribution < -0.4 is 0 Å². The van der Waals surface area contributed by atoms with E-state index in [2.05, 4.69) is 16.4 Å². The highest BCUT2D eigenvalue weighted by Crippen LogP contribution is 2.46. The van der Waals surface area contributed by atoms with E-state index in [0.29, 0.717) is 18.5 Å². The predicted octanol–water partition coefficient (Wildman–Crippen LogP) is 1.26. The van der Waals surface area contributed by atoms with Crippen molar-refractivity contribution in [3.8, 4) is 6.07 Å². The number of hydrogen-bond acceptors (Lipinski definition) is 4. The molecule has 0 spiro atoms. The van der Waals surface area contributed by atoms with E-state index in [1.165, 1.54) is 0 Å². The van der Waals surface area contributed by atoms with Gasteiger partial charge in [0.25, 0.3) is 0 Å². The van der Waals surface area contributed by atoms with Crippen molar-refractivity contribution in [2.45, 2.75) is 33.1 Å². The zero-order valence-electron chi connectivity index (χ0n) is 10.4. The Labute approximate surface area is 100 Å². The summed E-state index contributed by atoms with van der Waals surface area (Å²) in [6.07, 6.45) is 3.52. The molecule has 0 amide bonds. The molecule has 0 N–H and O–H groups in total. The fourth-order valence-corrected chi connectivity index (χ4v) is 2.50. The largest absolute Gasteiger partial charge is 0.297 e. The van der Waals surface area contributed by atoms with Crippen molar-refractivity contribution < 1.29 is 4.79 Å². The molecule has 1 saturated carbocycles. The minimum atomic E-state index is -0.903. The lowest BCUT2D eigenvalue weighted by atomic mass is 9.78. The van der Waals surface area contributed by atoms with Crippen LogP contribution in [-0.2, 0) is 18.3 Å². The van der Waals surface area contributed by atoms with Gasteiger partial charge in [-0.25, -0.2) is 0 Å². The third kappa shape index (κ3) is 1.84. The van der Waals surface area contributed by atoms with Gasteiger partial charge in [0, 0.05) is 25.1 Å². The molecule has 1 heterocycles. The molecule has 5 heteroatoms. The van der Waals surface area contributed by atoms with E-state index in [9.17, 15) is 10.1 Å². The maximum Gasteiger partial charge on any atom is 0.159 e. The van der Waals surface area contributed by atoms with Gasteiger partial charge in [-0.1, -0.05) is 19.1 Å². The van der Waals surface area contributed by atoms with Crippen LogP contribution in [0.15, 0.2) is 6.20 Å². The molecule has 1 aliphatic carbocycles. The standard InChI is InChI=1S/C12H16N4O/c1-11(2)4-5-12(8-13,10(11)17)6-9-7-16(3)15-14-9/h7H,4-6H2,1-3H3. The van der Waals surface area contributed by atoms with Gasteiger partial charge in [0.2, 0.25) is 0 Å². The van der Waals surface area contributed by atoms with Gasteiger partial charge in [-0.15, -0.1) is 5.10 Å². The van der Waals surface area contributed by atoms with Crippen molar-refractivity contribution in [2.75, 3.05) is 0 Å². The number of hydrogen-bond donors (Lipinski definition) is 0. The van der Waals surface area contributed by atoms with Crippen LogP contribution >= 0.6 is 0 Å². The maximum atomic E-state index is 12.3. The number of rotatable bonds is 2. The summed E-state index contributed by atoms with van der Waals surface area (Å²) in [5.74, 6) is 0.0400. The van der Waals surface area contributed by atoms with Crippen molar-refractivity contribution in [3.63, 3.8) is 0 Å². The Kier molecular flexibility index (Phi) is 2.53. The third-order valence-electron chi connectivity index (χ3n) is 3.57. The van der Waals surface area contributed by atoms with Gasteiger partial charge in [0.15, 0.2) is 5.78 Å². The zero-order chi connectivity index (χ0) is 12.7. The van der Waals surface area contributed by atoms with Crippen LogP contribution in [0.25, 0.3) is 0 Å². The number of carbonyl (C=O) groups is 1. The Hall–Kier alpha value is -1.70. The molecule has 0 bridgehead atoms. The molecular formula is C12H16N4O. The first-order valence-electron chi connectivity index (χ1n) is 5.71. The molecule has 90 valence electrons. The van der Waals surface area contributed by atoms with Crippen LogP contribution in [0.3, 0.4) is 0 Å². The van der Waals surface area contributed by atoms with Crippen LogP contribution in [0.1, 0.15) is 32.4 Å². The zero-order valence-corrected chi connectivity index (χ0v) is 10.4. The van der Waals surface area contributed by atoms with E-state index in [1.807, 2.05) is 13.8 Å². The first kappa shape index (κ1) is 11.8. The molecule has 1 atom stereocenters. The van der Waals surface area contributed by atoms with Crippen molar-refractivity contribution in [2.24, 2.45) is 17.9 Å². The first-order chi connectivity index (χ1) is 7.89. The quantitative estimate of drug-likeness (QED) is 0.769. The Morgan fingerprint density at radius 3 is 2.65 bits per heavy atom. The summed E-state index contributed by atoms with van der Waals surface area (Å²) < 4.78 is 1.59. The molecule has 1 aliphatic rings. The van der Waals surface area contributed by atoms with Gasteiger partial charge in [-0.2, -0.15) is 5.26 Å². The highest BCUT2D eigenvalue weighted by Gasteiger charge is 2.52. The monoisotopic (exact) mass is 232 g/mol. The molecule has 17 heavy (non-hydrogen) atoms. The van der Waals surface area contributed by atoms with E-state index < -0.39 is 10.8 Å². The lowest BCUT2D eigenvalue weighted by Gasteiger charge is -2.21. The average Bonchev–Trinajstić information content (AvgIpc) is 2.77. The Bertz CT molecular complexity index is 497. The summed E-state index contributed by atoms with van der Waals surface area (Å²) in [7, 11) is 1.77. The van der Waals surface area contributed by atoms with Gasteiger partial charge in [0.1, 0.15) is 5.41 Å². The van der Waals surface area contributed by atoms with Crippen LogP contribution in [-0.4, -0.2) is 20.8 Å². The topological polar surface area (TPSA) is 71.6 Å². The molecule has 0 radical (unpaired) electrons. The summed E-state index contributed by atoms with van der Waals surface area (Å²) in [5, 5.41) is 17.2. The number of aryl methyl sites for hydroxylation is 1. The van der Waals surface area contributed by atoms with Gasteiger partial charge < -0.3 is 0 Å². The Morgan fingerprint density at radius 2 is 2.24 bits per heavy atom. The average molecular weight is 232 g/mol. The van der Waals surface area contributed by atoms with E-state index >= 15 is 0 Å². The van der Waals surface area contributed by atoms with Crippen molar-refractivity contribution in [1.29, 1.82) is 5.26 Å². The number of Topliss-reactive ketones (excluding diaryl/α,β-unsaturated/α-hetero) is 1. The Balaban J connectivity index is 2.29. The maximum absolute atomic E-state index is 12.3. The lowest BCUT2D eigenvalue weighted by Crippen LogP contribution is -2.33. The number of nitriles is 1. The summed E-state index contributed by atoms with van der Waals surface area (Å²) >= 11 is 0. The minimum Gasteiger partial charge on any atom is -0.297 e. The molecule has 1 aromatic rings. The normalized spacial score (nSPS) is 27.1. The summed E-state index contributed by atoms with van der Waals surface area (Å²) in [6, 6.07) is 2.21. The number of carbonyl (C=O) groups excluding carboxylic acids is 1. The highest BCUT2D eigenvalue weighted by molar-refractivity contribution is 5.94. The van der Waals surface area contributed by atoms with E-state index in [4.69, 9.17) is 0 Å². The summed E-state index contributed by atoms with van der Waals surface area (Å²) in [6.45, 7) is 3.82. The second-order valence-corrected chi connectivity index (χ2v) is 5.47. The molecular weight excluding hydrogens is 216 g/mol. The highest BCUT2D eigenvalue weighted by atomic mass is 16.1. The minimum absolute atomic E-state index is 0.0400. The van der Waals surface area contributed by atoms with E-state index in [0.717, 1.165) is 6.42 Å². The Morgan fingerprint density at radius 1 is 1.53 bits per heavy atom. The van der Waals surface area contributed by atoms with Gasteiger partial charge in [-0.3, -0.25) is 9.48 Å².